The van der Waals surface area contributed by atoms with Gasteiger partial charge in [-0.15, -0.1) is 0 Å². The lowest BCUT2D eigenvalue weighted by atomic mass is 10.0. The Labute approximate surface area is 173 Å². The molecule has 29 heavy (non-hydrogen) atoms. The summed E-state index contributed by atoms with van der Waals surface area (Å²) in [5.74, 6) is 0. The van der Waals surface area contributed by atoms with Gasteiger partial charge in [-0.1, -0.05) is 42.5 Å². The summed E-state index contributed by atoms with van der Waals surface area (Å²) in [4.78, 5) is 19.8. The van der Waals surface area contributed by atoms with Crippen LogP contribution in [0.5, 0.6) is 0 Å². The Bertz CT molecular complexity index is 793. The highest BCUT2D eigenvalue weighted by atomic mass is 16.3. The average Bonchev–Trinajstić information content (AvgIpc) is 2.76. The molecule has 0 radical (unpaired) electrons. The van der Waals surface area contributed by atoms with Crippen LogP contribution in [0.15, 0.2) is 42.5 Å². The van der Waals surface area contributed by atoms with E-state index in [1.54, 1.807) is 4.90 Å². The van der Waals surface area contributed by atoms with E-state index in [1.165, 1.54) is 16.3 Å². The first kappa shape index (κ1) is 20.3. The van der Waals surface area contributed by atoms with Crippen LogP contribution >= 0.6 is 0 Å². The number of hydrogen-bond acceptors (Lipinski definition) is 5. The topological polar surface area (TPSA) is 50.3 Å². The van der Waals surface area contributed by atoms with Gasteiger partial charge in [0.25, 0.3) is 0 Å². The second-order valence-electron chi connectivity index (χ2n) is 8.31. The van der Waals surface area contributed by atoms with Crippen LogP contribution in [0.1, 0.15) is 5.56 Å². The van der Waals surface area contributed by atoms with Gasteiger partial charge >= 0.3 is 0 Å². The third kappa shape index (κ3) is 5.34. The lowest BCUT2D eigenvalue weighted by molar-refractivity contribution is -0.119. The van der Waals surface area contributed by atoms with E-state index in [0.717, 1.165) is 71.9 Å². The van der Waals surface area contributed by atoms with E-state index in [2.05, 4.69) is 57.2 Å². The largest absolute Gasteiger partial charge is 0.390 e. The molecule has 0 spiro atoms. The van der Waals surface area contributed by atoms with Crippen LogP contribution in [-0.4, -0.2) is 103 Å². The van der Waals surface area contributed by atoms with Crippen LogP contribution < -0.4 is 0 Å². The van der Waals surface area contributed by atoms with E-state index < -0.39 is 0 Å². The number of fused-ring (bicyclic) bond motifs is 1. The molecule has 1 atom stereocenters. The SMILES string of the molecule is O=CN1CCN(C[C@@H](O)CN2CCN(Cc3cccc4ccccc34)CC2)CC1. The summed E-state index contributed by atoms with van der Waals surface area (Å²) in [6, 6.07) is 15.2. The lowest BCUT2D eigenvalue weighted by Gasteiger charge is -2.37. The number of carbonyl (C=O) groups is 1. The van der Waals surface area contributed by atoms with Crippen LogP contribution in [0.4, 0.5) is 0 Å². The molecule has 156 valence electrons. The van der Waals surface area contributed by atoms with E-state index in [4.69, 9.17) is 0 Å². The molecule has 0 aromatic heterocycles. The van der Waals surface area contributed by atoms with Crippen molar-refractivity contribution in [2.45, 2.75) is 12.6 Å². The summed E-state index contributed by atoms with van der Waals surface area (Å²) in [6.45, 7) is 9.73. The highest BCUT2D eigenvalue weighted by molar-refractivity contribution is 5.85. The minimum Gasteiger partial charge on any atom is -0.390 e. The van der Waals surface area contributed by atoms with E-state index in [1.807, 2.05) is 0 Å². The Balaban J connectivity index is 1.22. The molecule has 2 fully saturated rings. The van der Waals surface area contributed by atoms with Gasteiger partial charge in [-0.3, -0.25) is 19.5 Å². The van der Waals surface area contributed by atoms with E-state index in [0.29, 0.717) is 6.54 Å². The predicted molar refractivity (Wildman–Crippen MR) is 116 cm³/mol. The quantitative estimate of drug-likeness (QED) is 0.710. The first-order valence-corrected chi connectivity index (χ1v) is 10.7. The Morgan fingerprint density at radius 2 is 1.38 bits per heavy atom. The molecule has 1 N–H and O–H groups in total. The standard InChI is InChI=1S/C23H32N4O2/c28-19-27-14-12-26(13-15-27)18-22(29)17-25-10-8-24(9-11-25)16-21-6-3-5-20-4-1-2-7-23(20)21/h1-7,19,22,29H,8-18H2/t22-/m0/s1. The summed E-state index contributed by atoms with van der Waals surface area (Å²) in [5.41, 5.74) is 1.39. The minimum absolute atomic E-state index is 0.331. The highest BCUT2D eigenvalue weighted by Crippen LogP contribution is 2.20. The van der Waals surface area contributed by atoms with Crippen molar-refractivity contribution in [1.82, 2.24) is 19.6 Å². The van der Waals surface area contributed by atoms with Crippen molar-refractivity contribution in [3.05, 3.63) is 48.0 Å². The maximum absolute atomic E-state index is 10.8. The van der Waals surface area contributed by atoms with Gasteiger partial charge < -0.3 is 10.0 Å². The molecule has 2 aromatic rings. The van der Waals surface area contributed by atoms with Gasteiger partial charge in [0.1, 0.15) is 0 Å². The van der Waals surface area contributed by atoms with Crippen LogP contribution in [0.3, 0.4) is 0 Å². The fourth-order valence-corrected chi connectivity index (χ4v) is 4.51. The molecule has 1 amide bonds. The molecule has 0 bridgehead atoms. The number of piperazine rings is 2. The first-order chi connectivity index (χ1) is 14.2. The average molecular weight is 397 g/mol. The van der Waals surface area contributed by atoms with Gasteiger partial charge in [0.15, 0.2) is 0 Å². The van der Waals surface area contributed by atoms with Crippen LogP contribution in [0.25, 0.3) is 10.8 Å². The second kappa shape index (κ2) is 9.67. The minimum atomic E-state index is -0.331. The number of amides is 1. The van der Waals surface area contributed by atoms with Crippen molar-refractivity contribution < 1.29 is 9.90 Å². The molecular formula is C23H32N4O2. The molecule has 4 rings (SSSR count). The lowest BCUT2D eigenvalue weighted by Crippen LogP contribution is -2.52. The normalized spacial score (nSPS) is 20.8. The smallest absolute Gasteiger partial charge is 0.209 e. The fourth-order valence-electron chi connectivity index (χ4n) is 4.51. The monoisotopic (exact) mass is 396 g/mol. The number of aliphatic hydroxyl groups excluding tert-OH is 1. The molecule has 2 heterocycles. The summed E-state index contributed by atoms with van der Waals surface area (Å²) in [6.07, 6.45) is 0.591. The zero-order chi connectivity index (χ0) is 20.1. The first-order valence-electron chi connectivity index (χ1n) is 10.7. The molecule has 2 aliphatic heterocycles. The number of β-amino-alcohol motifs (C(OH)–C–C–N with tert-alkyl or cyclic N) is 1. The van der Waals surface area contributed by atoms with E-state index >= 15 is 0 Å². The Kier molecular flexibility index (Phi) is 6.77. The third-order valence-corrected chi connectivity index (χ3v) is 6.23. The summed E-state index contributed by atoms with van der Waals surface area (Å²) < 4.78 is 0. The zero-order valence-electron chi connectivity index (χ0n) is 17.1. The van der Waals surface area contributed by atoms with Crippen LogP contribution in [0, 0.1) is 0 Å². The van der Waals surface area contributed by atoms with Crippen LogP contribution in [-0.2, 0) is 11.3 Å². The molecule has 0 aliphatic carbocycles. The van der Waals surface area contributed by atoms with Crippen molar-refractivity contribution in [3.8, 4) is 0 Å². The number of nitrogens with zero attached hydrogens (tertiary/aromatic N) is 4. The third-order valence-electron chi connectivity index (χ3n) is 6.23. The van der Waals surface area contributed by atoms with Gasteiger partial charge in [0, 0.05) is 72.0 Å². The maximum atomic E-state index is 10.8. The van der Waals surface area contributed by atoms with Crippen molar-refractivity contribution in [2.75, 3.05) is 65.4 Å². The number of aliphatic hydroxyl groups is 1. The Hall–Kier alpha value is -1.99. The van der Waals surface area contributed by atoms with Gasteiger partial charge in [0.05, 0.1) is 6.10 Å². The number of carbonyl (C=O) groups excluding carboxylic acids is 1. The predicted octanol–water partition coefficient (Wildman–Crippen LogP) is 1.09. The fraction of sp³-hybridized carbons (Fsp3) is 0.522. The Morgan fingerprint density at radius 3 is 2.07 bits per heavy atom. The summed E-state index contributed by atoms with van der Waals surface area (Å²) >= 11 is 0. The molecule has 6 nitrogen and oxygen atoms in total. The molecule has 2 aromatic carbocycles. The highest BCUT2D eigenvalue weighted by Gasteiger charge is 2.22. The maximum Gasteiger partial charge on any atom is 0.209 e. The van der Waals surface area contributed by atoms with Crippen molar-refractivity contribution in [1.29, 1.82) is 0 Å². The van der Waals surface area contributed by atoms with Gasteiger partial charge in [0.2, 0.25) is 6.41 Å². The van der Waals surface area contributed by atoms with Gasteiger partial charge in [-0.2, -0.15) is 0 Å². The summed E-state index contributed by atoms with van der Waals surface area (Å²) in [7, 11) is 0. The number of hydrogen-bond donors (Lipinski definition) is 1. The number of benzene rings is 2. The molecule has 6 heteroatoms. The van der Waals surface area contributed by atoms with E-state index in [-0.39, 0.29) is 6.10 Å². The van der Waals surface area contributed by atoms with Gasteiger partial charge in [-0.25, -0.2) is 0 Å². The molecule has 0 saturated carbocycles. The summed E-state index contributed by atoms with van der Waals surface area (Å²) in [5, 5.41) is 13.2. The van der Waals surface area contributed by atoms with Crippen molar-refractivity contribution in [3.63, 3.8) is 0 Å². The molecule has 2 saturated heterocycles. The molecule has 2 aliphatic rings. The van der Waals surface area contributed by atoms with Crippen molar-refractivity contribution >= 4 is 17.2 Å². The van der Waals surface area contributed by atoms with Crippen molar-refractivity contribution in [2.24, 2.45) is 0 Å². The second-order valence-corrected chi connectivity index (χ2v) is 8.31. The molecule has 0 unspecified atom stereocenters. The van der Waals surface area contributed by atoms with Crippen LogP contribution in [0.2, 0.25) is 0 Å². The number of rotatable bonds is 7. The van der Waals surface area contributed by atoms with Gasteiger partial charge in [-0.05, 0) is 16.3 Å². The molecular weight excluding hydrogens is 364 g/mol. The Morgan fingerprint density at radius 1 is 0.793 bits per heavy atom. The van der Waals surface area contributed by atoms with E-state index in [9.17, 15) is 9.90 Å². The zero-order valence-corrected chi connectivity index (χ0v) is 17.1.